The van der Waals surface area contributed by atoms with Gasteiger partial charge in [0.05, 0.1) is 17.6 Å². The molecule has 0 unspecified atom stereocenters. The molecule has 0 atom stereocenters. The highest BCUT2D eigenvalue weighted by atomic mass is 19.4. The fourth-order valence-corrected chi connectivity index (χ4v) is 2.53. The number of carbonyl (C=O) groups excluding carboxylic acids is 1. The maximum absolute atomic E-state index is 13.2. The van der Waals surface area contributed by atoms with Crippen molar-refractivity contribution < 1.29 is 22.7 Å². The summed E-state index contributed by atoms with van der Waals surface area (Å²) in [6.45, 7) is -0.0744. The van der Waals surface area contributed by atoms with Crippen LogP contribution in [0.5, 0.6) is 5.75 Å². The Morgan fingerprint density at radius 2 is 1.77 bits per heavy atom. The summed E-state index contributed by atoms with van der Waals surface area (Å²) in [5, 5.41) is 2.55. The highest BCUT2D eigenvalue weighted by molar-refractivity contribution is 5.81. The first-order valence-electron chi connectivity index (χ1n) is 7.92. The molecule has 0 spiro atoms. The number of benzene rings is 2. The average molecular weight is 363 g/mol. The number of imidazole rings is 1. The average Bonchev–Trinajstić information content (AvgIpc) is 2.99. The Morgan fingerprint density at radius 1 is 1.08 bits per heavy atom. The minimum atomic E-state index is -4.64. The third kappa shape index (κ3) is 4.14. The molecule has 0 aliphatic carbocycles. The second-order valence-corrected chi connectivity index (χ2v) is 5.52. The Hall–Kier alpha value is -3.03. The second kappa shape index (κ2) is 7.47. The summed E-state index contributed by atoms with van der Waals surface area (Å²) in [6.07, 6.45) is -4.64. The summed E-state index contributed by atoms with van der Waals surface area (Å²) < 4.78 is 45.9. The first-order chi connectivity index (χ1) is 12.4. The first kappa shape index (κ1) is 17.8. The van der Waals surface area contributed by atoms with Crippen LogP contribution in [0.2, 0.25) is 0 Å². The zero-order valence-corrected chi connectivity index (χ0v) is 13.7. The molecular weight excluding hydrogens is 347 g/mol. The van der Waals surface area contributed by atoms with Gasteiger partial charge in [0.2, 0.25) is 11.7 Å². The monoisotopic (exact) mass is 363 g/mol. The van der Waals surface area contributed by atoms with Crippen LogP contribution in [0, 0.1) is 0 Å². The molecular formula is C18H16F3N3O2. The topological polar surface area (TPSA) is 56.2 Å². The van der Waals surface area contributed by atoms with Crippen LogP contribution in [0.1, 0.15) is 5.82 Å². The number of nitrogens with one attached hydrogen (secondary N) is 1. The van der Waals surface area contributed by atoms with Crippen LogP contribution in [0.15, 0.2) is 54.6 Å². The van der Waals surface area contributed by atoms with E-state index in [9.17, 15) is 18.0 Å². The molecule has 3 rings (SSSR count). The SMILES string of the molecule is O=C(Cn1c(C(F)(F)F)nc2ccccc21)NCCOc1ccccc1. The summed E-state index contributed by atoms with van der Waals surface area (Å²) in [5.41, 5.74) is 0.454. The van der Waals surface area contributed by atoms with Crippen molar-refractivity contribution in [3.63, 3.8) is 0 Å². The van der Waals surface area contributed by atoms with Gasteiger partial charge in [-0.15, -0.1) is 0 Å². The molecule has 5 nitrogen and oxygen atoms in total. The summed E-state index contributed by atoms with van der Waals surface area (Å²) in [5.74, 6) is -0.980. The number of rotatable bonds is 6. The Morgan fingerprint density at radius 3 is 2.50 bits per heavy atom. The molecule has 0 saturated heterocycles. The number of alkyl halides is 3. The van der Waals surface area contributed by atoms with E-state index in [0.717, 1.165) is 4.57 Å². The molecule has 26 heavy (non-hydrogen) atoms. The first-order valence-corrected chi connectivity index (χ1v) is 7.92. The van der Waals surface area contributed by atoms with Gasteiger partial charge < -0.3 is 14.6 Å². The van der Waals surface area contributed by atoms with Gasteiger partial charge in [-0.05, 0) is 24.3 Å². The lowest BCUT2D eigenvalue weighted by Gasteiger charge is -2.12. The van der Waals surface area contributed by atoms with E-state index in [1.54, 1.807) is 24.3 Å². The van der Waals surface area contributed by atoms with Crippen molar-refractivity contribution >= 4 is 16.9 Å². The Kier molecular flexibility index (Phi) is 5.11. The van der Waals surface area contributed by atoms with Crippen molar-refractivity contribution in [2.24, 2.45) is 0 Å². The lowest BCUT2D eigenvalue weighted by Crippen LogP contribution is -2.32. The van der Waals surface area contributed by atoms with Gasteiger partial charge in [0.1, 0.15) is 18.9 Å². The predicted octanol–water partition coefficient (Wildman–Crippen LogP) is 3.25. The number of aromatic nitrogens is 2. The third-order valence-corrected chi connectivity index (χ3v) is 3.65. The molecule has 0 bridgehead atoms. The van der Waals surface area contributed by atoms with E-state index in [2.05, 4.69) is 10.3 Å². The highest BCUT2D eigenvalue weighted by Gasteiger charge is 2.37. The van der Waals surface area contributed by atoms with Crippen molar-refractivity contribution in [3.8, 4) is 5.75 Å². The van der Waals surface area contributed by atoms with Crippen molar-refractivity contribution in [2.75, 3.05) is 13.2 Å². The van der Waals surface area contributed by atoms with E-state index in [1.807, 2.05) is 18.2 Å². The number of carbonyl (C=O) groups is 1. The van der Waals surface area contributed by atoms with Crippen molar-refractivity contribution in [3.05, 3.63) is 60.4 Å². The van der Waals surface area contributed by atoms with Gasteiger partial charge in [-0.2, -0.15) is 13.2 Å². The van der Waals surface area contributed by atoms with Gasteiger partial charge in [0.25, 0.3) is 0 Å². The van der Waals surface area contributed by atoms with Crippen LogP contribution in [-0.4, -0.2) is 28.6 Å². The molecule has 1 heterocycles. The minimum absolute atomic E-state index is 0.182. The van der Waals surface area contributed by atoms with Gasteiger partial charge in [-0.3, -0.25) is 4.79 Å². The van der Waals surface area contributed by atoms with Crippen LogP contribution in [0.4, 0.5) is 13.2 Å². The Balaban J connectivity index is 1.63. The molecule has 0 saturated carbocycles. The zero-order valence-electron chi connectivity index (χ0n) is 13.7. The van der Waals surface area contributed by atoms with Crippen molar-refractivity contribution in [2.45, 2.75) is 12.7 Å². The number of para-hydroxylation sites is 3. The van der Waals surface area contributed by atoms with E-state index in [4.69, 9.17) is 4.74 Å². The van der Waals surface area contributed by atoms with Crippen molar-refractivity contribution in [1.82, 2.24) is 14.9 Å². The number of hydrogen-bond acceptors (Lipinski definition) is 3. The molecule has 0 aliphatic rings. The van der Waals surface area contributed by atoms with Crippen molar-refractivity contribution in [1.29, 1.82) is 0 Å². The van der Waals surface area contributed by atoms with Crippen LogP contribution in [0.25, 0.3) is 11.0 Å². The summed E-state index contributed by atoms with van der Waals surface area (Å²) in [7, 11) is 0. The lowest BCUT2D eigenvalue weighted by atomic mass is 10.3. The van der Waals surface area contributed by atoms with E-state index < -0.39 is 24.5 Å². The van der Waals surface area contributed by atoms with Gasteiger partial charge in [-0.1, -0.05) is 30.3 Å². The quantitative estimate of drug-likeness (QED) is 0.684. The van der Waals surface area contributed by atoms with Gasteiger partial charge in [-0.25, -0.2) is 4.98 Å². The molecule has 0 aliphatic heterocycles. The number of amides is 1. The number of halogens is 3. The summed E-state index contributed by atoms with van der Waals surface area (Å²) in [6, 6.07) is 15.2. The molecule has 1 aromatic heterocycles. The maximum atomic E-state index is 13.2. The van der Waals surface area contributed by atoms with Gasteiger partial charge in [0, 0.05) is 0 Å². The molecule has 2 aromatic carbocycles. The normalized spacial score (nSPS) is 11.5. The fourth-order valence-electron chi connectivity index (χ4n) is 2.53. The smallest absolute Gasteiger partial charge is 0.449 e. The number of hydrogen-bond donors (Lipinski definition) is 1. The number of ether oxygens (including phenoxy) is 1. The Labute approximate surface area is 147 Å². The van der Waals surface area contributed by atoms with Crippen LogP contribution in [0.3, 0.4) is 0 Å². The number of nitrogens with zero attached hydrogens (tertiary/aromatic N) is 2. The molecule has 0 fully saturated rings. The molecule has 1 N–H and O–H groups in total. The molecule has 1 amide bonds. The lowest BCUT2D eigenvalue weighted by molar-refractivity contribution is -0.147. The number of fused-ring (bicyclic) bond motifs is 1. The molecule has 0 radical (unpaired) electrons. The zero-order chi connectivity index (χ0) is 18.6. The van der Waals surface area contributed by atoms with Gasteiger partial charge in [0.15, 0.2) is 0 Å². The Bertz CT molecular complexity index is 892. The van der Waals surface area contributed by atoms with E-state index in [-0.39, 0.29) is 24.2 Å². The van der Waals surface area contributed by atoms with E-state index in [1.165, 1.54) is 12.1 Å². The minimum Gasteiger partial charge on any atom is -0.492 e. The third-order valence-electron chi connectivity index (χ3n) is 3.65. The van der Waals surface area contributed by atoms with Crippen LogP contribution >= 0.6 is 0 Å². The molecule has 8 heteroatoms. The van der Waals surface area contributed by atoms with Crippen LogP contribution < -0.4 is 10.1 Å². The fraction of sp³-hybridized carbons (Fsp3) is 0.222. The maximum Gasteiger partial charge on any atom is 0.449 e. The summed E-state index contributed by atoms with van der Waals surface area (Å²) in [4.78, 5) is 15.7. The molecule has 3 aromatic rings. The van der Waals surface area contributed by atoms with Gasteiger partial charge >= 0.3 is 6.18 Å². The highest BCUT2D eigenvalue weighted by Crippen LogP contribution is 2.31. The predicted molar refractivity (Wildman–Crippen MR) is 89.7 cm³/mol. The second-order valence-electron chi connectivity index (χ2n) is 5.52. The van der Waals surface area contributed by atoms with Crippen LogP contribution in [-0.2, 0) is 17.5 Å². The summed E-state index contributed by atoms with van der Waals surface area (Å²) >= 11 is 0. The van der Waals surface area contributed by atoms with E-state index in [0.29, 0.717) is 5.75 Å². The van der Waals surface area contributed by atoms with E-state index >= 15 is 0 Å². The standard InChI is InChI=1S/C18H16F3N3O2/c19-18(20,21)17-23-14-8-4-5-9-15(14)24(17)12-16(25)22-10-11-26-13-6-2-1-3-7-13/h1-9H,10-12H2,(H,22,25). The molecule has 136 valence electrons. The largest absolute Gasteiger partial charge is 0.492 e.